The molecule has 0 unspecified atom stereocenters. The van der Waals surface area contributed by atoms with Crippen LogP contribution in [-0.2, 0) is 0 Å². The van der Waals surface area contributed by atoms with Crippen LogP contribution in [0.25, 0.3) is 11.3 Å². The van der Waals surface area contributed by atoms with Crippen molar-refractivity contribution < 1.29 is 9.18 Å². The summed E-state index contributed by atoms with van der Waals surface area (Å²) in [6.07, 6.45) is 1.49. The Kier molecular flexibility index (Phi) is 4.15. The maximum absolute atomic E-state index is 13.2. The number of carbonyl (C=O) groups is 1. The summed E-state index contributed by atoms with van der Waals surface area (Å²) < 4.78 is 13.2. The summed E-state index contributed by atoms with van der Waals surface area (Å²) in [5.74, 6) is -0.542. The Bertz CT molecular complexity index is 844. The van der Waals surface area contributed by atoms with Gasteiger partial charge >= 0.3 is 0 Å². The fourth-order valence-corrected chi connectivity index (χ4v) is 2.27. The number of nitrogens with one attached hydrogen (secondary N) is 1. The predicted octanol–water partition coefficient (Wildman–Crippen LogP) is 4.45. The second-order valence-electron chi connectivity index (χ2n) is 5.27. The van der Waals surface area contributed by atoms with Crippen LogP contribution in [-0.4, -0.2) is 10.9 Å². The monoisotopic (exact) mass is 306 g/mol. The Hall–Kier alpha value is -3.01. The zero-order chi connectivity index (χ0) is 16.2. The largest absolute Gasteiger partial charge is 0.322 e. The van der Waals surface area contributed by atoms with Gasteiger partial charge in [0.1, 0.15) is 5.82 Å². The average molecular weight is 306 g/mol. The number of benzene rings is 2. The predicted molar refractivity (Wildman–Crippen MR) is 88.8 cm³/mol. The van der Waals surface area contributed by atoms with Crippen LogP contribution in [0.15, 0.2) is 66.9 Å². The molecule has 2 aromatic carbocycles. The van der Waals surface area contributed by atoms with Gasteiger partial charge in [-0.15, -0.1) is 0 Å². The van der Waals surface area contributed by atoms with E-state index in [4.69, 9.17) is 0 Å². The number of anilines is 1. The Morgan fingerprint density at radius 2 is 1.87 bits per heavy atom. The van der Waals surface area contributed by atoms with Crippen LogP contribution < -0.4 is 5.32 Å². The van der Waals surface area contributed by atoms with Crippen molar-refractivity contribution in [3.8, 4) is 11.3 Å². The lowest BCUT2D eigenvalue weighted by molar-refractivity contribution is 0.102. The normalized spacial score (nSPS) is 10.3. The summed E-state index contributed by atoms with van der Waals surface area (Å²) in [5, 5.41) is 2.83. The summed E-state index contributed by atoms with van der Waals surface area (Å²) in [6, 6.07) is 17.2. The Morgan fingerprint density at radius 3 is 2.57 bits per heavy atom. The molecule has 1 heterocycles. The highest BCUT2D eigenvalue weighted by Crippen LogP contribution is 2.18. The molecule has 0 aliphatic carbocycles. The number of hydrogen-bond donors (Lipinski definition) is 1. The van der Waals surface area contributed by atoms with Gasteiger partial charge in [0.15, 0.2) is 0 Å². The molecular formula is C19H15FN2O. The van der Waals surface area contributed by atoms with E-state index in [1.54, 1.807) is 24.3 Å². The summed E-state index contributed by atoms with van der Waals surface area (Å²) >= 11 is 0. The third-order valence-electron chi connectivity index (χ3n) is 3.42. The van der Waals surface area contributed by atoms with Crippen LogP contribution in [0.1, 0.15) is 15.9 Å². The highest BCUT2D eigenvalue weighted by atomic mass is 19.1. The Balaban J connectivity index is 1.78. The lowest BCUT2D eigenvalue weighted by atomic mass is 10.1. The smallest absolute Gasteiger partial charge is 0.257 e. The third-order valence-corrected chi connectivity index (χ3v) is 3.42. The minimum absolute atomic E-state index is 0.228. The second-order valence-corrected chi connectivity index (χ2v) is 5.27. The quantitative estimate of drug-likeness (QED) is 0.777. The van der Waals surface area contributed by atoms with Crippen molar-refractivity contribution in [1.82, 2.24) is 4.98 Å². The fourth-order valence-electron chi connectivity index (χ4n) is 2.27. The van der Waals surface area contributed by atoms with Crippen molar-refractivity contribution in [2.45, 2.75) is 6.92 Å². The van der Waals surface area contributed by atoms with Crippen molar-refractivity contribution in [2.24, 2.45) is 0 Å². The van der Waals surface area contributed by atoms with Crippen molar-refractivity contribution >= 4 is 11.6 Å². The minimum Gasteiger partial charge on any atom is -0.322 e. The molecule has 3 aromatic rings. The van der Waals surface area contributed by atoms with Gasteiger partial charge in [-0.1, -0.05) is 24.3 Å². The van der Waals surface area contributed by atoms with Gasteiger partial charge in [-0.3, -0.25) is 9.78 Å². The Labute approximate surface area is 133 Å². The first-order valence-electron chi connectivity index (χ1n) is 7.22. The van der Waals surface area contributed by atoms with E-state index in [9.17, 15) is 9.18 Å². The Morgan fingerprint density at radius 1 is 1.04 bits per heavy atom. The first kappa shape index (κ1) is 14.9. The molecule has 0 saturated carbocycles. The number of nitrogens with zero attached hydrogens (tertiary/aromatic N) is 1. The zero-order valence-corrected chi connectivity index (χ0v) is 12.6. The van der Waals surface area contributed by atoms with Gasteiger partial charge in [0.05, 0.1) is 11.3 Å². The van der Waals surface area contributed by atoms with Crippen LogP contribution in [0.3, 0.4) is 0 Å². The lowest BCUT2D eigenvalue weighted by Crippen LogP contribution is -2.12. The van der Waals surface area contributed by atoms with Gasteiger partial charge < -0.3 is 5.32 Å². The van der Waals surface area contributed by atoms with Crippen molar-refractivity contribution in [3.63, 3.8) is 0 Å². The van der Waals surface area contributed by atoms with Gasteiger partial charge in [0, 0.05) is 17.4 Å². The number of rotatable bonds is 3. The first-order chi connectivity index (χ1) is 11.1. The van der Waals surface area contributed by atoms with Gasteiger partial charge in [0.2, 0.25) is 0 Å². The molecule has 114 valence electrons. The van der Waals surface area contributed by atoms with Gasteiger partial charge in [-0.25, -0.2) is 4.39 Å². The van der Waals surface area contributed by atoms with Crippen molar-refractivity contribution in [3.05, 3.63) is 83.8 Å². The fraction of sp³-hybridized carbons (Fsp3) is 0.0526. The van der Waals surface area contributed by atoms with E-state index < -0.39 is 0 Å². The van der Waals surface area contributed by atoms with E-state index in [0.29, 0.717) is 16.8 Å². The molecule has 0 aliphatic rings. The number of amides is 1. The molecule has 0 aliphatic heterocycles. The summed E-state index contributed by atoms with van der Waals surface area (Å²) in [7, 11) is 0. The molecule has 0 saturated heterocycles. The standard InChI is InChI=1S/C19H15FN2O/c1-13-4-2-7-17(10-13)22-19(23)15-8-9-18(21-12-15)14-5-3-6-16(20)11-14/h2-12H,1H3,(H,22,23). The molecule has 0 fully saturated rings. The van der Waals surface area contributed by atoms with E-state index >= 15 is 0 Å². The van der Waals surface area contributed by atoms with Crippen molar-refractivity contribution in [2.75, 3.05) is 5.32 Å². The molecule has 23 heavy (non-hydrogen) atoms. The van der Waals surface area contributed by atoms with Gasteiger partial charge in [-0.2, -0.15) is 0 Å². The minimum atomic E-state index is -0.314. The summed E-state index contributed by atoms with van der Waals surface area (Å²) in [5.41, 5.74) is 3.56. The molecule has 1 amide bonds. The highest BCUT2D eigenvalue weighted by Gasteiger charge is 2.08. The van der Waals surface area contributed by atoms with E-state index in [1.807, 2.05) is 31.2 Å². The molecule has 4 heteroatoms. The SMILES string of the molecule is Cc1cccc(NC(=O)c2ccc(-c3cccc(F)c3)nc2)c1. The van der Waals surface area contributed by atoms with Crippen LogP contribution in [0.4, 0.5) is 10.1 Å². The third kappa shape index (κ3) is 3.61. The molecule has 0 spiro atoms. The zero-order valence-electron chi connectivity index (χ0n) is 12.6. The molecule has 3 nitrogen and oxygen atoms in total. The van der Waals surface area contributed by atoms with E-state index in [-0.39, 0.29) is 11.7 Å². The van der Waals surface area contributed by atoms with Crippen LogP contribution in [0.2, 0.25) is 0 Å². The van der Waals surface area contributed by atoms with E-state index in [0.717, 1.165) is 11.3 Å². The number of hydrogen-bond acceptors (Lipinski definition) is 2. The highest BCUT2D eigenvalue weighted by molar-refractivity contribution is 6.04. The van der Waals surface area contributed by atoms with Crippen molar-refractivity contribution in [1.29, 1.82) is 0 Å². The maximum Gasteiger partial charge on any atom is 0.257 e. The number of carbonyl (C=O) groups excluding carboxylic acids is 1. The molecule has 1 aromatic heterocycles. The molecule has 1 N–H and O–H groups in total. The molecule has 3 rings (SSSR count). The van der Waals surface area contributed by atoms with Crippen LogP contribution in [0.5, 0.6) is 0 Å². The summed E-state index contributed by atoms with van der Waals surface area (Å²) in [4.78, 5) is 16.5. The van der Waals surface area contributed by atoms with Gasteiger partial charge in [0.25, 0.3) is 5.91 Å². The molecule has 0 radical (unpaired) electrons. The summed E-state index contributed by atoms with van der Waals surface area (Å²) in [6.45, 7) is 1.96. The van der Waals surface area contributed by atoms with Gasteiger partial charge in [-0.05, 0) is 48.9 Å². The number of aryl methyl sites for hydroxylation is 1. The number of halogens is 1. The van der Waals surface area contributed by atoms with E-state index in [2.05, 4.69) is 10.3 Å². The lowest BCUT2D eigenvalue weighted by Gasteiger charge is -2.07. The van der Waals surface area contributed by atoms with Crippen LogP contribution in [0, 0.1) is 12.7 Å². The molecular weight excluding hydrogens is 291 g/mol. The molecule has 0 atom stereocenters. The average Bonchev–Trinajstić information content (AvgIpc) is 2.55. The topological polar surface area (TPSA) is 42.0 Å². The van der Waals surface area contributed by atoms with Crippen LogP contribution >= 0.6 is 0 Å². The number of pyridine rings is 1. The van der Waals surface area contributed by atoms with E-state index in [1.165, 1.54) is 18.3 Å². The first-order valence-corrected chi connectivity index (χ1v) is 7.22. The maximum atomic E-state index is 13.2. The molecule has 0 bridgehead atoms. The second kappa shape index (κ2) is 6.40. The number of aromatic nitrogens is 1.